The van der Waals surface area contributed by atoms with Gasteiger partial charge in [-0.05, 0) is 47.7 Å². The lowest BCUT2D eigenvalue weighted by Gasteiger charge is -2.36. The van der Waals surface area contributed by atoms with Crippen LogP contribution in [0.1, 0.15) is 51.7 Å². The molecule has 1 aliphatic rings. The van der Waals surface area contributed by atoms with Crippen LogP contribution >= 0.6 is 23.2 Å². The predicted molar refractivity (Wildman–Crippen MR) is 127 cm³/mol. The van der Waals surface area contributed by atoms with Crippen LogP contribution < -0.4 is 4.74 Å². The lowest BCUT2D eigenvalue weighted by atomic mass is 9.75. The molecular formula is C23H29Cl2N3O6. The van der Waals surface area contributed by atoms with Gasteiger partial charge in [-0.15, -0.1) is 0 Å². The number of nitro groups is 1. The van der Waals surface area contributed by atoms with Crippen molar-refractivity contribution in [2.75, 3.05) is 7.11 Å². The van der Waals surface area contributed by atoms with Gasteiger partial charge >= 0.3 is 18.0 Å². The van der Waals surface area contributed by atoms with Crippen LogP contribution in [0.25, 0.3) is 0 Å². The topological polar surface area (TPSA) is 106 Å². The maximum absolute atomic E-state index is 12.9. The van der Waals surface area contributed by atoms with Crippen molar-refractivity contribution in [3.05, 3.63) is 50.1 Å². The van der Waals surface area contributed by atoms with Gasteiger partial charge in [-0.2, -0.15) is 0 Å². The number of aromatic nitrogens is 2. The summed E-state index contributed by atoms with van der Waals surface area (Å²) in [5.74, 6) is 0.668. The Kier molecular flexibility index (Phi) is 8.65. The van der Waals surface area contributed by atoms with Crippen LogP contribution in [0.2, 0.25) is 10.0 Å². The molecule has 34 heavy (non-hydrogen) atoms. The smallest absolute Gasteiger partial charge is 0.449 e. The van der Waals surface area contributed by atoms with Gasteiger partial charge in [0.2, 0.25) is 0 Å². The van der Waals surface area contributed by atoms with Gasteiger partial charge in [-0.1, -0.05) is 56.5 Å². The van der Waals surface area contributed by atoms with Crippen molar-refractivity contribution >= 4 is 35.2 Å². The van der Waals surface area contributed by atoms with Crippen molar-refractivity contribution in [1.82, 2.24) is 9.55 Å². The number of ether oxygens (including phenoxy) is 3. The molecule has 0 radical (unpaired) electrons. The molecule has 1 aromatic heterocycles. The second-order valence-corrected chi connectivity index (χ2v) is 9.84. The number of benzene rings is 1. The summed E-state index contributed by atoms with van der Waals surface area (Å²) in [4.78, 5) is 27.3. The molecule has 11 heteroatoms. The summed E-state index contributed by atoms with van der Waals surface area (Å²) in [6.07, 6.45) is 2.06. The summed E-state index contributed by atoms with van der Waals surface area (Å²) in [5, 5.41) is 11.9. The Labute approximate surface area is 208 Å². The SMILES string of the molecule is COc1nc([N+](=O)[O-])cn1CC(OC(=O)O[C@@H]1C[C@H](C)CC[C@H]1C(C)C)c1ccc(Cl)cc1Cl. The molecule has 186 valence electrons. The van der Waals surface area contributed by atoms with E-state index >= 15 is 0 Å². The fourth-order valence-corrected chi connectivity index (χ4v) is 4.96. The third kappa shape index (κ3) is 6.33. The number of nitrogens with zero attached hydrogens (tertiary/aromatic N) is 3. The summed E-state index contributed by atoms with van der Waals surface area (Å²) >= 11 is 12.4. The van der Waals surface area contributed by atoms with E-state index in [2.05, 4.69) is 25.8 Å². The molecule has 4 atom stereocenters. The zero-order valence-corrected chi connectivity index (χ0v) is 21.1. The van der Waals surface area contributed by atoms with E-state index in [1.54, 1.807) is 12.1 Å². The molecule has 0 aliphatic heterocycles. The molecule has 2 aromatic rings. The van der Waals surface area contributed by atoms with Crippen molar-refractivity contribution in [3.63, 3.8) is 0 Å². The number of rotatable bonds is 8. The number of hydrogen-bond acceptors (Lipinski definition) is 7. The summed E-state index contributed by atoms with van der Waals surface area (Å²) in [6.45, 7) is 6.36. The van der Waals surface area contributed by atoms with Gasteiger partial charge in [-0.25, -0.2) is 4.79 Å². The molecule has 0 N–H and O–H groups in total. The van der Waals surface area contributed by atoms with Gasteiger partial charge < -0.3 is 24.3 Å². The van der Waals surface area contributed by atoms with Gasteiger partial charge in [0.25, 0.3) is 0 Å². The fraction of sp³-hybridized carbons (Fsp3) is 0.565. The van der Waals surface area contributed by atoms with Gasteiger partial charge in [-0.3, -0.25) is 4.57 Å². The van der Waals surface area contributed by atoms with Crippen molar-refractivity contribution in [1.29, 1.82) is 0 Å². The van der Waals surface area contributed by atoms with Gasteiger partial charge in [0.1, 0.15) is 18.4 Å². The molecule has 1 fully saturated rings. The van der Waals surface area contributed by atoms with Crippen molar-refractivity contribution in [3.8, 4) is 6.01 Å². The molecular weight excluding hydrogens is 485 g/mol. The first kappa shape index (κ1) is 26.1. The van der Waals surface area contributed by atoms with E-state index in [1.807, 2.05) is 0 Å². The number of methoxy groups -OCH3 is 1. The quantitative estimate of drug-likeness (QED) is 0.226. The molecule has 9 nitrogen and oxygen atoms in total. The third-order valence-electron chi connectivity index (χ3n) is 6.22. The van der Waals surface area contributed by atoms with E-state index in [0.29, 0.717) is 22.4 Å². The Balaban J connectivity index is 1.85. The molecule has 0 saturated heterocycles. The summed E-state index contributed by atoms with van der Waals surface area (Å²) in [7, 11) is 1.35. The molecule has 1 aromatic carbocycles. The Bertz CT molecular complexity index is 1030. The highest BCUT2D eigenvalue weighted by atomic mass is 35.5. The van der Waals surface area contributed by atoms with Crippen LogP contribution in [0.15, 0.2) is 24.4 Å². The maximum Gasteiger partial charge on any atom is 0.509 e. The molecule has 0 bridgehead atoms. The number of imidazole rings is 1. The normalized spacial score (nSPS) is 21.2. The van der Waals surface area contributed by atoms with Crippen molar-refractivity contribution < 1.29 is 23.9 Å². The molecule has 1 heterocycles. The lowest BCUT2D eigenvalue weighted by molar-refractivity contribution is -0.389. The molecule has 1 saturated carbocycles. The minimum atomic E-state index is -0.932. The Morgan fingerprint density at radius 2 is 2.06 bits per heavy atom. The number of carbonyl (C=O) groups excluding carboxylic acids is 1. The lowest BCUT2D eigenvalue weighted by Crippen LogP contribution is -2.36. The Morgan fingerprint density at radius 3 is 2.68 bits per heavy atom. The first-order valence-electron chi connectivity index (χ1n) is 11.2. The van der Waals surface area contributed by atoms with Crippen LogP contribution in [0.3, 0.4) is 0 Å². The van der Waals surface area contributed by atoms with Crippen molar-refractivity contribution in [2.45, 2.75) is 58.8 Å². The summed E-state index contributed by atoms with van der Waals surface area (Å²) in [6, 6.07) is 4.79. The second-order valence-electron chi connectivity index (χ2n) is 9.00. The Morgan fingerprint density at radius 1 is 1.32 bits per heavy atom. The monoisotopic (exact) mass is 513 g/mol. The van der Waals surface area contributed by atoms with E-state index in [-0.39, 0.29) is 29.6 Å². The number of hydrogen-bond donors (Lipinski definition) is 0. The Hall–Kier alpha value is -2.52. The minimum Gasteiger partial charge on any atom is -0.449 e. The highest BCUT2D eigenvalue weighted by Crippen LogP contribution is 2.37. The average molecular weight is 514 g/mol. The standard InChI is InChI=1S/C23H29Cl2N3O6/c1-13(2)16-7-5-14(3)9-19(16)33-23(29)34-20(17-8-6-15(24)10-18(17)25)11-27-12-21(28(30)31)26-22(27)32-4/h6,8,10,12-14,16,19-20H,5,7,9,11H2,1-4H3/t14-,16+,19-,20?/m1/s1. The van der Waals surface area contributed by atoms with Gasteiger partial charge in [0.05, 0.1) is 13.7 Å². The van der Waals surface area contributed by atoms with Crippen LogP contribution in [-0.4, -0.2) is 33.8 Å². The zero-order chi connectivity index (χ0) is 25.0. The molecule has 1 unspecified atom stereocenters. The molecule has 0 amide bonds. The molecule has 3 rings (SSSR count). The first-order chi connectivity index (χ1) is 16.1. The highest BCUT2D eigenvalue weighted by Gasteiger charge is 2.35. The molecule has 1 aliphatic carbocycles. The van der Waals surface area contributed by atoms with E-state index in [1.165, 1.54) is 23.9 Å². The largest absolute Gasteiger partial charge is 0.509 e. The summed E-state index contributed by atoms with van der Waals surface area (Å²) < 4.78 is 18.1. The predicted octanol–water partition coefficient (Wildman–Crippen LogP) is 6.46. The average Bonchev–Trinajstić information content (AvgIpc) is 3.16. The van der Waals surface area contributed by atoms with Gasteiger partial charge in [0, 0.05) is 20.6 Å². The zero-order valence-electron chi connectivity index (χ0n) is 19.6. The first-order valence-corrected chi connectivity index (χ1v) is 11.9. The number of carbonyl (C=O) groups is 1. The van der Waals surface area contributed by atoms with Crippen LogP contribution in [0.4, 0.5) is 10.6 Å². The van der Waals surface area contributed by atoms with Crippen LogP contribution in [-0.2, 0) is 16.0 Å². The van der Waals surface area contributed by atoms with Gasteiger partial charge in [0.15, 0.2) is 0 Å². The van der Waals surface area contributed by atoms with E-state index in [0.717, 1.165) is 19.3 Å². The maximum atomic E-state index is 12.9. The number of halogens is 2. The second kappa shape index (κ2) is 11.3. The van der Waals surface area contributed by atoms with E-state index in [9.17, 15) is 14.9 Å². The van der Waals surface area contributed by atoms with E-state index < -0.39 is 23.0 Å². The molecule has 0 spiro atoms. The summed E-state index contributed by atoms with van der Waals surface area (Å²) in [5.41, 5.74) is 0.471. The van der Waals surface area contributed by atoms with Crippen molar-refractivity contribution in [2.24, 2.45) is 17.8 Å². The highest BCUT2D eigenvalue weighted by molar-refractivity contribution is 6.35. The van der Waals surface area contributed by atoms with Crippen LogP contribution in [0, 0.1) is 27.9 Å². The third-order valence-corrected chi connectivity index (χ3v) is 6.78. The van der Waals surface area contributed by atoms with Crippen LogP contribution in [0.5, 0.6) is 6.01 Å². The minimum absolute atomic E-state index is 0.000250. The fourth-order valence-electron chi connectivity index (χ4n) is 4.43. The van der Waals surface area contributed by atoms with E-state index in [4.69, 9.17) is 37.4 Å².